The molecule has 1 aliphatic heterocycles. The molecule has 2 rings (SSSR count). The lowest BCUT2D eigenvalue weighted by molar-refractivity contribution is 0.0539. The van der Waals surface area contributed by atoms with E-state index in [1.54, 1.807) is 17.2 Å². The molecule has 1 saturated heterocycles. The molecule has 19 heavy (non-hydrogen) atoms. The molecular formula is C13H16BrClN2O2. The molecule has 0 aromatic carbocycles. The fourth-order valence-corrected chi connectivity index (χ4v) is 2.65. The lowest BCUT2D eigenvalue weighted by Crippen LogP contribution is -2.37. The Morgan fingerprint density at radius 1 is 1.68 bits per heavy atom. The highest BCUT2D eigenvalue weighted by Gasteiger charge is 2.24. The topological polar surface area (TPSA) is 42.4 Å². The average Bonchev–Trinajstić information content (AvgIpc) is 2.91. The Labute approximate surface area is 126 Å². The largest absolute Gasteiger partial charge is 0.376 e. The van der Waals surface area contributed by atoms with Gasteiger partial charge in [0.15, 0.2) is 0 Å². The number of likely N-dealkylation sites (N-methyl/N-ethyl adjacent to an activating group) is 1. The van der Waals surface area contributed by atoms with E-state index in [1.165, 1.54) is 0 Å². The van der Waals surface area contributed by atoms with Gasteiger partial charge < -0.3 is 9.64 Å². The van der Waals surface area contributed by atoms with Crippen LogP contribution in [0, 0.1) is 0 Å². The number of halogens is 2. The van der Waals surface area contributed by atoms with E-state index >= 15 is 0 Å². The van der Waals surface area contributed by atoms with Crippen molar-refractivity contribution in [2.45, 2.75) is 25.9 Å². The first-order valence-corrected chi connectivity index (χ1v) is 7.50. The Hall–Kier alpha value is -0.650. The van der Waals surface area contributed by atoms with Crippen molar-refractivity contribution in [2.75, 3.05) is 19.7 Å². The normalized spacial score (nSPS) is 18.6. The van der Waals surface area contributed by atoms with Gasteiger partial charge in [-0.2, -0.15) is 0 Å². The molecule has 2 heterocycles. The summed E-state index contributed by atoms with van der Waals surface area (Å²) in [4.78, 5) is 18.2. The lowest BCUT2D eigenvalue weighted by atomic mass is 10.2. The molecule has 1 atom stereocenters. The molecule has 1 aromatic rings. The smallest absolute Gasteiger partial charge is 0.257 e. The molecule has 0 spiro atoms. The van der Waals surface area contributed by atoms with Crippen molar-refractivity contribution in [3.8, 4) is 0 Å². The summed E-state index contributed by atoms with van der Waals surface area (Å²) in [6, 6.07) is 1.70. The number of nitrogens with zero attached hydrogens (tertiary/aromatic N) is 2. The quantitative estimate of drug-likeness (QED) is 0.786. The number of rotatable bonds is 4. The molecule has 4 nitrogen and oxygen atoms in total. The first-order chi connectivity index (χ1) is 9.11. The van der Waals surface area contributed by atoms with E-state index < -0.39 is 0 Å². The highest BCUT2D eigenvalue weighted by molar-refractivity contribution is 9.10. The third-order valence-electron chi connectivity index (χ3n) is 3.15. The van der Waals surface area contributed by atoms with Gasteiger partial charge in [-0.3, -0.25) is 4.79 Å². The Kier molecular flexibility index (Phi) is 5.19. The minimum absolute atomic E-state index is 0.100. The summed E-state index contributed by atoms with van der Waals surface area (Å²) in [5.41, 5.74) is 0.427. The predicted octanol–water partition coefficient (Wildman–Crippen LogP) is 3.14. The second-order valence-electron chi connectivity index (χ2n) is 4.47. The minimum atomic E-state index is -0.100. The zero-order valence-corrected chi connectivity index (χ0v) is 13.1. The van der Waals surface area contributed by atoms with E-state index in [-0.39, 0.29) is 17.2 Å². The molecule has 1 unspecified atom stereocenters. The van der Waals surface area contributed by atoms with Gasteiger partial charge in [0.1, 0.15) is 5.15 Å². The van der Waals surface area contributed by atoms with Crippen molar-refractivity contribution in [1.82, 2.24) is 9.88 Å². The van der Waals surface area contributed by atoms with E-state index in [9.17, 15) is 4.79 Å². The van der Waals surface area contributed by atoms with Crippen LogP contribution < -0.4 is 0 Å². The molecule has 1 fully saturated rings. The molecule has 0 aliphatic carbocycles. The Balaban J connectivity index is 2.12. The first-order valence-electron chi connectivity index (χ1n) is 6.33. The number of hydrogen-bond donors (Lipinski definition) is 0. The Bertz CT molecular complexity index is 464. The van der Waals surface area contributed by atoms with Gasteiger partial charge in [0.2, 0.25) is 0 Å². The number of hydrogen-bond acceptors (Lipinski definition) is 3. The second kappa shape index (κ2) is 6.68. The summed E-state index contributed by atoms with van der Waals surface area (Å²) in [5.74, 6) is -0.100. The molecule has 104 valence electrons. The third kappa shape index (κ3) is 3.68. The van der Waals surface area contributed by atoms with Crippen LogP contribution in [0.2, 0.25) is 5.15 Å². The van der Waals surface area contributed by atoms with Gasteiger partial charge >= 0.3 is 0 Å². The summed E-state index contributed by atoms with van der Waals surface area (Å²) in [7, 11) is 0. The fourth-order valence-electron chi connectivity index (χ4n) is 2.13. The van der Waals surface area contributed by atoms with Crippen LogP contribution in [0.25, 0.3) is 0 Å². The first kappa shape index (κ1) is 14.8. The number of carbonyl (C=O) groups is 1. The number of amides is 1. The molecule has 6 heteroatoms. The summed E-state index contributed by atoms with van der Waals surface area (Å²) in [5, 5.41) is 0.235. The number of aromatic nitrogens is 1. The maximum atomic E-state index is 12.5. The van der Waals surface area contributed by atoms with Gasteiger partial charge in [0.25, 0.3) is 5.91 Å². The summed E-state index contributed by atoms with van der Waals surface area (Å²) >= 11 is 9.31. The van der Waals surface area contributed by atoms with Crippen LogP contribution >= 0.6 is 27.5 Å². The van der Waals surface area contributed by atoms with Crippen LogP contribution in [-0.2, 0) is 4.74 Å². The monoisotopic (exact) mass is 346 g/mol. The maximum absolute atomic E-state index is 12.5. The fraction of sp³-hybridized carbons (Fsp3) is 0.538. The zero-order chi connectivity index (χ0) is 13.8. The van der Waals surface area contributed by atoms with Crippen LogP contribution in [0.4, 0.5) is 0 Å². The van der Waals surface area contributed by atoms with Gasteiger partial charge in [-0.1, -0.05) is 11.6 Å². The number of ether oxygens (including phenoxy) is 1. The predicted molar refractivity (Wildman–Crippen MR) is 77.5 cm³/mol. The van der Waals surface area contributed by atoms with Crippen molar-refractivity contribution >= 4 is 33.4 Å². The van der Waals surface area contributed by atoms with E-state index in [2.05, 4.69) is 20.9 Å². The van der Waals surface area contributed by atoms with Crippen molar-refractivity contribution in [2.24, 2.45) is 0 Å². The molecule has 1 amide bonds. The molecule has 0 bridgehead atoms. The van der Waals surface area contributed by atoms with E-state index in [4.69, 9.17) is 16.3 Å². The van der Waals surface area contributed by atoms with Crippen molar-refractivity contribution in [3.05, 3.63) is 27.5 Å². The van der Waals surface area contributed by atoms with Crippen LogP contribution in [0.5, 0.6) is 0 Å². The molecule has 1 aromatic heterocycles. The van der Waals surface area contributed by atoms with Crippen molar-refractivity contribution < 1.29 is 9.53 Å². The molecule has 1 aliphatic rings. The van der Waals surface area contributed by atoms with Gasteiger partial charge in [0, 0.05) is 30.4 Å². The van der Waals surface area contributed by atoms with Crippen molar-refractivity contribution in [3.63, 3.8) is 0 Å². The Morgan fingerprint density at radius 3 is 3.11 bits per heavy atom. The van der Waals surface area contributed by atoms with Crippen LogP contribution in [-0.4, -0.2) is 41.6 Å². The van der Waals surface area contributed by atoms with Crippen LogP contribution in [0.3, 0.4) is 0 Å². The highest BCUT2D eigenvalue weighted by atomic mass is 79.9. The minimum Gasteiger partial charge on any atom is -0.376 e. The van der Waals surface area contributed by atoms with Gasteiger partial charge in [0.05, 0.1) is 11.7 Å². The van der Waals surface area contributed by atoms with Gasteiger partial charge in [-0.05, 0) is 41.8 Å². The average molecular weight is 348 g/mol. The van der Waals surface area contributed by atoms with Crippen LogP contribution in [0.1, 0.15) is 30.1 Å². The van der Waals surface area contributed by atoms with E-state index in [1.807, 2.05) is 6.92 Å². The third-order valence-corrected chi connectivity index (χ3v) is 3.89. The molecule has 0 N–H and O–H groups in total. The SMILES string of the molecule is CCN(CC1CCCO1)C(=O)c1cc(Br)cnc1Cl. The molecule has 0 radical (unpaired) electrons. The van der Waals surface area contributed by atoms with E-state index in [0.717, 1.165) is 23.9 Å². The van der Waals surface area contributed by atoms with Gasteiger partial charge in [-0.25, -0.2) is 4.98 Å². The number of carbonyl (C=O) groups excluding carboxylic acids is 1. The highest BCUT2D eigenvalue weighted by Crippen LogP contribution is 2.21. The lowest BCUT2D eigenvalue weighted by Gasteiger charge is -2.24. The van der Waals surface area contributed by atoms with E-state index in [0.29, 0.717) is 18.7 Å². The van der Waals surface area contributed by atoms with Crippen molar-refractivity contribution in [1.29, 1.82) is 0 Å². The summed E-state index contributed by atoms with van der Waals surface area (Å²) < 4.78 is 6.32. The summed E-state index contributed by atoms with van der Waals surface area (Å²) in [6.07, 6.45) is 3.79. The van der Waals surface area contributed by atoms with Gasteiger partial charge in [-0.15, -0.1) is 0 Å². The standard InChI is InChI=1S/C13H16BrClN2O2/c1-2-17(8-10-4-3-5-19-10)13(18)11-6-9(14)7-16-12(11)15/h6-7,10H,2-5,8H2,1H3. The number of pyridine rings is 1. The zero-order valence-electron chi connectivity index (χ0n) is 10.7. The Morgan fingerprint density at radius 2 is 2.47 bits per heavy atom. The molecular weight excluding hydrogens is 332 g/mol. The maximum Gasteiger partial charge on any atom is 0.257 e. The molecule has 0 saturated carbocycles. The van der Waals surface area contributed by atoms with Crippen LogP contribution in [0.15, 0.2) is 16.7 Å². The second-order valence-corrected chi connectivity index (χ2v) is 5.74. The summed E-state index contributed by atoms with van der Waals surface area (Å²) in [6.45, 7) is 3.97.